The second kappa shape index (κ2) is 9.18. The third-order valence-electron chi connectivity index (χ3n) is 5.38. The number of anilines is 1. The molecule has 1 aromatic heterocycles. The van der Waals surface area contributed by atoms with Gasteiger partial charge in [-0.25, -0.2) is 0 Å². The van der Waals surface area contributed by atoms with Gasteiger partial charge in [0.05, 0.1) is 12.2 Å². The van der Waals surface area contributed by atoms with Crippen LogP contribution in [0.5, 0.6) is 17.2 Å². The lowest BCUT2D eigenvalue weighted by atomic mass is 10.1. The van der Waals surface area contributed by atoms with Crippen molar-refractivity contribution in [2.45, 2.75) is 33.4 Å². The molecule has 0 aliphatic carbocycles. The molecule has 1 aliphatic rings. The zero-order chi connectivity index (χ0) is 22.7. The molecule has 4 rings (SSSR count). The lowest BCUT2D eigenvalue weighted by molar-refractivity contribution is -0.114. The number of aryl methyl sites for hydroxylation is 1. The van der Waals surface area contributed by atoms with Crippen LogP contribution in [0.3, 0.4) is 0 Å². The highest BCUT2D eigenvalue weighted by Gasteiger charge is 2.24. The van der Waals surface area contributed by atoms with Crippen molar-refractivity contribution in [1.29, 1.82) is 0 Å². The molecule has 1 aliphatic heterocycles. The van der Waals surface area contributed by atoms with Gasteiger partial charge in [-0.1, -0.05) is 24.3 Å². The Morgan fingerprint density at radius 1 is 1.09 bits per heavy atom. The summed E-state index contributed by atoms with van der Waals surface area (Å²) >= 11 is 0. The number of ether oxygens (including phenoxy) is 3. The van der Waals surface area contributed by atoms with Crippen LogP contribution in [0.15, 0.2) is 54.6 Å². The van der Waals surface area contributed by atoms with E-state index in [1.165, 1.54) is 6.92 Å². The molecule has 1 unspecified atom stereocenters. The Kier molecular flexibility index (Phi) is 6.16. The van der Waals surface area contributed by atoms with E-state index in [9.17, 15) is 9.59 Å². The molecule has 0 spiro atoms. The first-order valence-corrected chi connectivity index (χ1v) is 10.5. The van der Waals surface area contributed by atoms with Crippen LogP contribution in [0.25, 0.3) is 0 Å². The molecule has 0 bridgehead atoms. The highest BCUT2D eigenvalue weighted by molar-refractivity contribution is 5.99. The number of nitrogens with zero attached hydrogens (tertiary/aromatic N) is 1. The van der Waals surface area contributed by atoms with Gasteiger partial charge in [-0.3, -0.25) is 9.59 Å². The Morgan fingerprint density at radius 3 is 2.59 bits per heavy atom. The molecule has 7 nitrogen and oxygen atoms in total. The molecule has 0 saturated carbocycles. The van der Waals surface area contributed by atoms with Gasteiger partial charge in [0, 0.05) is 23.9 Å². The monoisotopic (exact) mass is 434 g/mol. The number of hydrogen-bond donors (Lipinski definition) is 1. The fourth-order valence-electron chi connectivity index (χ4n) is 3.83. The summed E-state index contributed by atoms with van der Waals surface area (Å²) in [5.41, 5.74) is 2.96. The summed E-state index contributed by atoms with van der Waals surface area (Å²) in [7, 11) is 0. The van der Waals surface area contributed by atoms with Gasteiger partial charge in [0.2, 0.25) is 11.7 Å². The summed E-state index contributed by atoms with van der Waals surface area (Å²) < 4.78 is 19.7. The molecule has 0 radical (unpaired) electrons. The maximum absolute atomic E-state index is 12.9. The Labute approximate surface area is 186 Å². The number of nitrogens with one attached hydrogen (secondary N) is 1. The first-order valence-electron chi connectivity index (χ1n) is 10.5. The minimum absolute atomic E-state index is 0.128. The van der Waals surface area contributed by atoms with Crippen molar-refractivity contribution in [3.8, 4) is 17.2 Å². The zero-order valence-electron chi connectivity index (χ0n) is 18.4. The average molecular weight is 434 g/mol. The van der Waals surface area contributed by atoms with Gasteiger partial charge < -0.3 is 24.1 Å². The molecular formula is C25H26N2O5. The largest absolute Gasteiger partial charge is 0.486 e. The minimum Gasteiger partial charge on any atom is -0.486 e. The van der Waals surface area contributed by atoms with E-state index in [-0.39, 0.29) is 24.4 Å². The van der Waals surface area contributed by atoms with Crippen molar-refractivity contribution in [3.63, 3.8) is 0 Å². The first kappa shape index (κ1) is 21.5. The lowest BCUT2D eigenvalue weighted by Crippen LogP contribution is -2.33. The third-order valence-corrected chi connectivity index (χ3v) is 5.38. The van der Waals surface area contributed by atoms with Crippen LogP contribution in [-0.2, 0) is 11.3 Å². The highest BCUT2D eigenvalue weighted by Crippen LogP contribution is 2.32. The van der Waals surface area contributed by atoms with Crippen molar-refractivity contribution < 1.29 is 23.8 Å². The van der Waals surface area contributed by atoms with Crippen LogP contribution < -0.4 is 19.5 Å². The number of Topliss-reactive ketones (excluding diaryl/α,β-unsaturated/α-hetero) is 1. The van der Waals surface area contributed by atoms with Gasteiger partial charge in [-0.15, -0.1) is 0 Å². The van der Waals surface area contributed by atoms with E-state index in [0.29, 0.717) is 30.2 Å². The van der Waals surface area contributed by atoms with Crippen LogP contribution >= 0.6 is 0 Å². The van der Waals surface area contributed by atoms with Gasteiger partial charge in [-0.2, -0.15) is 0 Å². The summed E-state index contributed by atoms with van der Waals surface area (Å²) in [6.07, 6.45) is -0.154. The fourth-order valence-corrected chi connectivity index (χ4v) is 3.83. The maximum atomic E-state index is 12.9. The van der Waals surface area contributed by atoms with Crippen molar-refractivity contribution in [2.24, 2.45) is 0 Å². The molecule has 0 saturated heterocycles. The van der Waals surface area contributed by atoms with Gasteiger partial charge in [0.1, 0.15) is 12.4 Å². The molecule has 1 N–H and O–H groups in total. The first-order chi connectivity index (χ1) is 15.4. The molecule has 32 heavy (non-hydrogen) atoms. The molecule has 2 aromatic carbocycles. The number of ketones is 1. The molecule has 0 fully saturated rings. The Hall–Kier alpha value is -3.74. The predicted molar refractivity (Wildman–Crippen MR) is 121 cm³/mol. The summed E-state index contributed by atoms with van der Waals surface area (Å²) in [6, 6.07) is 16.5. The average Bonchev–Trinajstić information content (AvgIpc) is 3.06. The van der Waals surface area contributed by atoms with E-state index >= 15 is 0 Å². The summed E-state index contributed by atoms with van der Waals surface area (Å²) in [5.74, 6) is 1.60. The molecule has 1 amide bonds. The zero-order valence-corrected chi connectivity index (χ0v) is 18.4. The molecule has 3 aromatic rings. The fraction of sp³-hybridized carbons (Fsp3) is 0.280. The van der Waals surface area contributed by atoms with Crippen LogP contribution in [0.4, 0.5) is 5.69 Å². The maximum Gasteiger partial charge on any atom is 0.221 e. The molecule has 2 heterocycles. The number of rotatable bonds is 7. The topological polar surface area (TPSA) is 78.8 Å². The number of carbonyl (C=O) groups excluding carboxylic acids is 2. The number of benzene rings is 2. The van der Waals surface area contributed by atoms with Crippen molar-refractivity contribution in [1.82, 2.24) is 4.57 Å². The van der Waals surface area contributed by atoms with E-state index in [2.05, 4.69) is 9.88 Å². The number of aromatic nitrogens is 1. The molecular weight excluding hydrogens is 408 g/mol. The summed E-state index contributed by atoms with van der Waals surface area (Å²) in [4.78, 5) is 24.3. The lowest BCUT2D eigenvalue weighted by Gasteiger charge is -2.27. The van der Waals surface area contributed by atoms with Gasteiger partial charge in [0.25, 0.3) is 0 Å². The minimum atomic E-state index is -0.201. The van der Waals surface area contributed by atoms with Crippen LogP contribution in [0.1, 0.15) is 28.7 Å². The van der Waals surface area contributed by atoms with E-state index in [1.54, 1.807) is 24.3 Å². The third kappa shape index (κ3) is 4.61. The van der Waals surface area contributed by atoms with Gasteiger partial charge in [-0.05, 0) is 44.2 Å². The van der Waals surface area contributed by atoms with Crippen molar-refractivity contribution in [3.05, 3.63) is 71.5 Å². The van der Waals surface area contributed by atoms with Crippen LogP contribution in [0.2, 0.25) is 0 Å². The molecule has 1 atom stereocenters. The van der Waals surface area contributed by atoms with Crippen molar-refractivity contribution >= 4 is 17.4 Å². The smallest absolute Gasteiger partial charge is 0.221 e. The second-order valence-electron chi connectivity index (χ2n) is 7.78. The van der Waals surface area contributed by atoms with Crippen molar-refractivity contribution in [2.75, 3.05) is 18.5 Å². The second-order valence-corrected chi connectivity index (χ2v) is 7.78. The summed E-state index contributed by atoms with van der Waals surface area (Å²) in [5, 5.41) is 2.71. The van der Waals surface area contributed by atoms with E-state index in [4.69, 9.17) is 14.2 Å². The number of amides is 1. The Morgan fingerprint density at radius 2 is 1.81 bits per heavy atom. The normalized spacial score (nSPS) is 14.7. The predicted octanol–water partition coefficient (Wildman–Crippen LogP) is 4.17. The molecule has 7 heteroatoms. The Bertz CT molecular complexity index is 1150. The number of hydrogen-bond acceptors (Lipinski definition) is 5. The number of fused-ring (bicyclic) bond motifs is 1. The van der Waals surface area contributed by atoms with E-state index < -0.39 is 0 Å². The SMILES string of the molecule is CC(=O)Nc1ccccc1OCC(=O)c1cc(C)n(CC2COc3ccccc3O2)c1C. The van der Waals surface area contributed by atoms with Crippen LogP contribution in [-0.4, -0.2) is 35.6 Å². The van der Waals surface area contributed by atoms with Gasteiger partial charge >= 0.3 is 0 Å². The van der Waals surface area contributed by atoms with Gasteiger partial charge in [0.15, 0.2) is 24.2 Å². The Balaban J connectivity index is 1.44. The quantitative estimate of drug-likeness (QED) is 0.565. The van der Waals surface area contributed by atoms with E-state index in [0.717, 1.165) is 22.9 Å². The number of para-hydroxylation sites is 4. The van der Waals surface area contributed by atoms with E-state index in [1.807, 2.05) is 44.2 Å². The van der Waals surface area contributed by atoms with Crippen LogP contribution in [0, 0.1) is 13.8 Å². The highest BCUT2D eigenvalue weighted by atomic mass is 16.6. The standard InChI is InChI=1S/C25H26N2O5/c1-16-12-20(22(29)15-31-23-9-5-4-8-21(23)26-18(3)28)17(2)27(16)13-19-14-30-24-10-6-7-11-25(24)32-19/h4-12,19H,13-15H2,1-3H3,(H,26,28). The number of carbonyl (C=O) groups is 2. The summed E-state index contributed by atoms with van der Waals surface area (Å²) in [6.45, 7) is 6.21. The molecule has 166 valence electrons.